The number of carbonyl (C=O) groups is 3. The first-order chi connectivity index (χ1) is 10.6. The van der Waals surface area contributed by atoms with Crippen LogP contribution in [0.4, 0.5) is 5.69 Å². The number of fused-ring (bicyclic) bond motifs is 1. The number of nitrogens with zero attached hydrogens (tertiary/aromatic N) is 1. The van der Waals surface area contributed by atoms with Crippen LogP contribution in [0.3, 0.4) is 0 Å². The number of amides is 2. The second-order valence-corrected chi connectivity index (χ2v) is 6.46. The Morgan fingerprint density at radius 2 is 1.64 bits per heavy atom. The molecule has 0 aromatic heterocycles. The lowest BCUT2D eigenvalue weighted by molar-refractivity contribution is -0.124. The van der Waals surface area contributed by atoms with Gasteiger partial charge in [-0.3, -0.25) is 14.4 Å². The highest BCUT2D eigenvalue weighted by atomic mass is 16.2. The number of benzene rings is 1. The molecule has 5 rings (SSSR count). The predicted molar refractivity (Wildman–Crippen MR) is 81.3 cm³/mol. The van der Waals surface area contributed by atoms with E-state index >= 15 is 0 Å². The zero-order valence-electron chi connectivity index (χ0n) is 12.4. The fourth-order valence-electron chi connectivity index (χ4n) is 4.19. The van der Waals surface area contributed by atoms with Gasteiger partial charge in [-0.1, -0.05) is 24.3 Å². The van der Waals surface area contributed by atoms with E-state index in [0.29, 0.717) is 11.3 Å². The van der Waals surface area contributed by atoms with E-state index < -0.39 is 0 Å². The number of anilines is 1. The largest absolute Gasteiger partial charge is 0.295 e. The number of imide groups is 1. The number of hydrogen-bond donors (Lipinski definition) is 0. The van der Waals surface area contributed by atoms with Crippen molar-refractivity contribution in [2.75, 3.05) is 4.90 Å². The van der Waals surface area contributed by atoms with E-state index in [1.807, 2.05) is 0 Å². The van der Waals surface area contributed by atoms with Gasteiger partial charge in [-0.15, -0.1) is 0 Å². The van der Waals surface area contributed by atoms with Gasteiger partial charge in [0, 0.05) is 5.56 Å². The second-order valence-electron chi connectivity index (χ2n) is 6.46. The molecule has 4 aliphatic rings. The lowest BCUT2D eigenvalue weighted by Crippen LogP contribution is -2.38. The number of Topliss-reactive ketones (excluding diaryl/α,β-unsaturated/α-hetero) is 1. The van der Waals surface area contributed by atoms with Crippen molar-refractivity contribution >= 4 is 23.3 Å². The molecule has 4 atom stereocenters. The summed E-state index contributed by atoms with van der Waals surface area (Å²) >= 11 is 0. The summed E-state index contributed by atoms with van der Waals surface area (Å²) < 4.78 is 0. The molecule has 0 unspecified atom stereocenters. The first kappa shape index (κ1) is 13.4. The molecule has 1 aromatic rings. The molecule has 1 aromatic carbocycles. The third kappa shape index (κ3) is 1.73. The second kappa shape index (κ2) is 4.63. The van der Waals surface area contributed by atoms with Crippen LogP contribution < -0.4 is 4.90 Å². The summed E-state index contributed by atoms with van der Waals surface area (Å²) in [6.07, 6.45) is 6.19. The quantitative estimate of drug-likeness (QED) is 0.479. The van der Waals surface area contributed by atoms with Crippen molar-refractivity contribution in [3.8, 4) is 0 Å². The molecule has 3 aliphatic carbocycles. The summed E-state index contributed by atoms with van der Waals surface area (Å²) in [4.78, 5) is 38.5. The smallest absolute Gasteiger partial charge is 0.238 e. The van der Waals surface area contributed by atoms with Crippen LogP contribution >= 0.6 is 0 Å². The van der Waals surface area contributed by atoms with Gasteiger partial charge in [0.2, 0.25) is 11.8 Å². The highest BCUT2D eigenvalue weighted by molar-refractivity contribution is 6.22. The first-order valence-electron chi connectivity index (χ1n) is 7.75. The SMILES string of the molecule is CC(=O)c1cccc(N2C(=O)[C@H]3[C@H](C2=O)[C@H]2C=C[C@H]3CC2)c1. The van der Waals surface area contributed by atoms with E-state index in [1.54, 1.807) is 24.3 Å². The topological polar surface area (TPSA) is 54.5 Å². The molecule has 1 heterocycles. The predicted octanol–water partition coefficient (Wildman–Crippen LogP) is 2.59. The summed E-state index contributed by atoms with van der Waals surface area (Å²) in [6, 6.07) is 6.80. The van der Waals surface area contributed by atoms with Crippen molar-refractivity contribution in [2.45, 2.75) is 19.8 Å². The van der Waals surface area contributed by atoms with Crippen molar-refractivity contribution < 1.29 is 14.4 Å². The summed E-state index contributed by atoms with van der Waals surface area (Å²) in [5.41, 5.74) is 1.05. The van der Waals surface area contributed by atoms with Crippen LogP contribution in [0.2, 0.25) is 0 Å². The number of hydrogen-bond acceptors (Lipinski definition) is 3. The first-order valence-corrected chi connectivity index (χ1v) is 7.75. The van der Waals surface area contributed by atoms with Crippen molar-refractivity contribution in [1.29, 1.82) is 0 Å². The van der Waals surface area contributed by atoms with Gasteiger partial charge in [-0.25, -0.2) is 4.90 Å². The van der Waals surface area contributed by atoms with Crippen LogP contribution in [0.1, 0.15) is 30.1 Å². The normalized spacial score (nSPS) is 32.5. The molecule has 0 spiro atoms. The standard InChI is InChI=1S/C18H17NO3/c1-10(20)13-3-2-4-14(9-13)19-17(21)15-11-5-6-12(8-7-11)16(15)18(19)22/h2-6,9,11-12,15-16H,7-8H2,1H3/t11-,12-,15+,16+/m0/s1. The minimum absolute atomic E-state index is 0.0694. The van der Waals surface area contributed by atoms with Crippen LogP contribution in [-0.2, 0) is 9.59 Å². The van der Waals surface area contributed by atoms with Crippen LogP contribution in [0.15, 0.2) is 36.4 Å². The van der Waals surface area contributed by atoms with Gasteiger partial charge in [-0.05, 0) is 43.7 Å². The van der Waals surface area contributed by atoms with E-state index in [4.69, 9.17) is 0 Å². The van der Waals surface area contributed by atoms with Crippen molar-refractivity contribution in [3.63, 3.8) is 0 Å². The Labute approximate surface area is 128 Å². The van der Waals surface area contributed by atoms with Gasteiger partial charge in [0.05, 0.1) is 17.5 Å². The number of ketones is 1. The summed E-state index contributed by atoms with van der Waals surface area (Å²) in [5.74, 6) is -0.320. The lowest BCUT2D eigenvalue weighted by atomic mass is 9.63. The molecule has 22 heavy (non-hydrogen) atoms. The molecule has 4 heteroatoms. The van der Waals surface area contributed by atoms with Crippen molar-refractivity contribution in [1.82, 2.24) is 0 Å². The molecule has 112 valence electrons. The summed E-state index contributed by atoms with van der Waals surface area (Å²) in [6.45, 7) is 1.48. The molecular formula is C18H17NO3. The molecule has 2 bridgehead atoms. The minimum atomic E-state index is -0.211. The fourth-order valence-corrected chi connectivity index (χ4v) is 4.19. The van der Waals surface area contributed by atoms with E-state index in [9.17, 15) is 14.4 Å². The third-order valence-corrected chi connectivity index (χ3v) is 5.27. The van der Waals surface area contributed by atoms with Gasteiger partial charge in [0.25, 0.3) is 0 Å². The summed E-state index contributed by atoms with van der Waals surface area (Å²) in [7, 11) is 0. The molecule has 0 N–H and O–H groups in total. The van der Waals surface area contributed by atoms with E-state index in [2.05, 4.69) is 12.2 Å². The highest BCUT2D eigenvalue weighted by Crippen LogP contribution is 2.50. The molecule has 2 amide bonds. The molecular weight excluding hydrogens is 278 g/mol. The van der Waals surface area contributed by atoms with Gasteiger partial charge < -0.3 is 0 Å². The number of rotatable bonds is 2. The average Bonchev–Trinajstić information content (AvgIpc) is 2.82. The van der Waals surface area contributed by atoms with Crippen LogP contribution in [-0.4, -0.2) is 17.6 Å². The Hall–Kier alpha value is -2.23. The number of allylic oxidation sites excluding steroid dienone is 2. The maximum Gasteiger partial charge on any atom is 0.238 e. The Balaban J connectivity index is 1.75. The van der Waals surface area contributed by atoms with Gasteiger partial charge in [-0.2, -0.15) is 0 Å². The van der Waals surface area contributed by atoms with E-state index in [-0.39, 0.29) is 41.3 Å². The fraction of sp³-hybridized carbons (Fsp3) is 0.389. The zero-order chi connectivity index (χ0) is 15.4. The average molecular weight is 295 g/mol. The molecule has 1 aliphatic heterocycles. The Kier molecular flexibility index (Phi) is 2.83. The zero-order valence-corrected chi connectivity index (χ0v) is 12.4. The van der Waals surface area contributed by atoms with Crippen LogP contribution in [0, 0.1) is 23.7 Å². The summed E-state index contributed by atoms with van der Waals surface area (Å²) in [5, 5.41) is 0. The molecule has 1 saturated carbocycles. The van der Waals surface area contributed by atoms with Crippen molar-refractivity contribution in [2.24, 2.45) is 23.7 Å². The Morgan fingerprint density at radius 1 is 1.05 bits per heavy atom. The maximum absolute atomic E-state index is 12.8. The van der Waals surface area contributed by atoms with E-state index in [0.717, 1.165) is 12.8 Å². The van der Waals surface area contributed by atoms with Crippen molar-refractivity contribution in [3.05, 3.63) is 42.0 Å². The molecule has 2 fully saturated rings. The van der Waals surface area contributed by atoms with Gasteiger partial charge in [0.1, 0.15) is 0 Å². The monoisotopic (exact) mass is 295 g/mol. The highest BCUT2D eigenvalue weighted by Gasteiger charge is 2.56. The molecule has 4 nitrogen and oxygen atoms in total. The molecule has 0 radical (unpaired) electrons. The minimum Gasteiger partial charge on any atom is -0.295 e. The van der Waals surface area contributed by atoms with E-state index in [1.165, 1.54) is 11.8 Å². The lowest BCUT2D eigenvalue weighted by Gasteiger charge is -2.38. The number of carbonyl (C=O) groups excluding carboxylic acids is 3. The maximum atomic E-state index is 12.8. The molecule has 1 saturated heterocycles. The van der Waals surface area contributed by atoms with Crippen LogP contribution in [0.25, 0.3) is 0 Å². The van der Waals surface area contributed by atoms with Gasteiger partial charge in [0.15, 0.2) is 5.78 Å². The van der Waals surface area contributed by atoms with Crippen LogP contribution in [0.5, 0.6) is 0 Å². The third-order valence-electron chi connectivity index (χ3n) is 5.27. The Morgan fingerprint density at radius 3 is 2.14 bits per heavy atom. The van der Waals surface area contributed by atoms with Gasteiger partial charge >= 0.3 is 0 Å². The Bertz CT molecular complexity index is 689.